The molecule has 3 heteroatoms. The Balaban J connectivity index is 1.65. The van der Waals surface area contributed by atoms with Crippen LogP contribution in [0.25, 0.3) is 0 Å². The van der Waals surface area contributed by atoms with Crippen molar-refractivity contribution < 1.29 is 14.6 Å². The topological polar surface area (TPSA) is 38.7 Å². The van der Waals surface area contributed by atoms with Crippen molar-refractivity contribution in [3.05, 3.63) is 48.0 Å². The molecule has 3 nitrogen and oxygen atoms in total. The smallest absolute Gasteiger partial charge is 0.177 e. The molecule has 0 amide bonds. The highest BCUT2D eigenvalue weighted by atomic mass is 16.6. The Kier molecular flexibility index (Phi) is 3.69. The minimum Gasteiger partial charge on any atom is -0.373 e. The first-order valence-electron chi connectivity index (χ1n) is 6.93. The lowest BCUT2D eigenvalue weighted by Gasteiger charge is -2.32. The van der Waals surface area contributed by atoms with Crippen molar-refractivity contribution in [1.82, 2.24) is 0 Å². The summed E-state index contributed by atoms with van der Waals surface area (Å²) in [4.78, 5) is 0. The summed E-state index contributed by atoms with van der Waals surface area (Å²) in [5.41, 5.74) is 1.96. The van der Waals surface area contributed by atoms with E-state index < -0.39 is 6.29 Å². The van der Waals surface area contributed by atoms with E-state index in [4.69, 9.17) is 9.47 Å². The van der Waals surface area contributed by atoms with Crippen LogP contribution in [-0.2, 0) is 16.1 Å². The van der Waals surface area contributed by atoms with Crippen LogP contribution in [-0.4, -0.2) is 23.6 Å². The van der Waals surface area contributed by atoms with E-state index in [-0.39, 0.29) is 18.1 Å². The van der Waals surface area contributed by atoms with Gasteiger partial charge >= 0.3 is 0 Å². The van der Waals surface area contributed by atoms with Crippen molar-refractivity contribution in [2.24, 2.45) is 5.92 Å². The number of hydrogen-bond donors (Lipinski definition) is 1. The second-order valence-corrected chi connectivity index (χ2v) is 5.39. The summed E-state index contributed by atoms with van der Waals surface area (Å²) in [5.74, 6) is 0.146. The largest absolute Gasteiger partial charge is 0.373 e. The van der Waals surface area contributed by atoms with Crippen molar-refractivity contribution in [2.45, 2.75) is 44.4 Å². The molecule has 1 heterocycles. The Labute approximate surface area is 113 Å². The van der Waals surface area contributed by atoms with Gasteiger partial charge in [0.15, 0.2) is 6.29 Å². The highest BCUT2D eigenvalue weighted by Crippen LogP contribution is 2.41. The lowest BCUT2D eigenvalue weighted by atomic mass is 9.81. The molecule has 1 aliphatic carbocycles. The number of rotatable bonds is 3. The van der Waals surface area contributed by atoms with Gasteiger partial charge in [0.2, 0.25) is 0 Å². The van der Waals surface area contributed by atoms with Gasteiger partial charge in [-0.25, -0.2) is 0 Å². The first kappa shape index (κ1) is 12.9. The molecular weight excluding hydrogens is 240 g/mol. The van der Waals surface area contributed by atoms with Crippen LogP contribution >= 0.6 is 0 Å². The van der Waals surface area contributed by atoms with Gasteiger partial charge in [0.05, 0.1) is 18.8 Å². The van der Waals surface area contributed by atoms with Gasteiger partial charge < -0.3 is 14.6 Å². The molecule has 1 aromatic rings. The minimum atomic E-state index is -0.809. The van der Waals surface area contributed by atoms with Gasteiger partial charge in [-0.1, -0.05) is 36.9 Å². The Morgan fingerprint density at radius 3 is 2.84 bits per heavy atom. The van der Waals surface area contributed by atoms with Crippen molar-refractivity contribution in [3.8, 4) is 0 Å². The molecule has 1 N–H and O–H groups in total. The maximum absolute atomic E-state index is 9.75. The first-order chi connectivity index (χ1) is 9.25. The molecule has 1 saturated heterocycles. The van der Waals surface area contributed by atoms with Crippen molar-refractivity contribution in [1.29, 1.82) is 0 Å². The van der Waals surface area contributed by atoms with Crippen molar-refractivity contribution in [2.75, 3.05) is 0 Å². The first-order valence-corrected chi connectivity index (χ1v) is 6.93. The Bertz CT molecular complexity index is 443. The molecule has 1 aliphatic heterocycles. The SMILES string of the molecule is C=C1C(O)OC2CCCC(OCc3ccccc3)C12. The fourth-order valence-electron chi connectivity index (χ4n) is 3.13. The molecule has 0 spiro atoms. The molecule has 0 radical (unpaired) electrons. The van der Waals surface area contributed by atoms with Gasteiger partial charge in [0.1, 0.15) is 0 Å². The highest BCUT2D eigenvalue weighted by Gasteiger charge is 2.44. The third-order valence-electron chi connectivity index (χ3n) is 4.13. The van der Waals surface area contributed by atoms with Gasteiger partial charge in [-0.05, 0) is 30.4 Å². The quantitative estimate of drug-likeness (QED) is 0.849. The minimum absolute atomic E-state index is 0.0806. The van der Waals surface area contributed by atoms with Gasteiger partial charge in [-0.3, -0.25) is 0 Å². The number of aliphatic hydroxyl groups is 1. The number of benzene rings is 1. The zero-order chi connectivity index (χ0) is 13.2. The number of ether oxygens (including phenoxy) is 2. The maximum atomic E-state index is 9.75. The molecule has 19 heavy (non-hydrogen) atoms. The monoisotopic (exact) mass is 260 g/mol. The molecule has 3 rings (SSSR count). The third kappa shape index (κ3) is 2.59. The molecule has 1 aromatic carbocycles. The molecule has 0 aromatic heterocycles. The van der Waals surface area contributed by atoms with Crippen LogP contribution in [0, 0.1) is 5.92 Å². The van der Waals surface area contributed by atoms with Crippen molar-refractivity contribution >= 4 is 0 Å². The van der Waals surface area contributed by atoms with E-state index in [9.17, 15) is 5.11 Å². The van der Waals surface area contributed by atoms with Crippen LogP contribution in [0.5, 0.6) is 0 Å². The molecule has 0 bridgehead atoms. The maximum Gasteiger partial charge on any atom is 0.177 e. The van der Waals surface area contributed by atoms with Crippen LogP contribution in [0.3, 0.4) is 0 Å². The average molecular weight is 260 g/mol. The van der Waals surface area contributed by atoms with E-state index in [2.05, 4.69) is 18.7 Å². The summed E-state index contributed by atoms with van der Waals surface area (Å²) in [6.45, 7) is 4.58. The van der Waals surface area contributed by atoms with Crippen LogP contribution in [0.15, 0.2) is 42.5 Å². The van der Waals surface area contributed by atoms with Crippen LogP contribution in [0.2, 0.25) is 0 Å². The lowest BCUT2D eigenvalue weighted by molar-refractivity contribution is -0.105. The summed E-state index contributed by atoms with van der Waals surface area (Å²) in [6, 6.07) is 10.2. The lowest BCUT2D eigenvalue weighted by Crippen LogP contribution is -2.35. The van der Waals surface area contributed by atoms with Gasteiger partial charge in [-0.2, -0.15) is 0 Å². The fourth-order valence-corrected chi connectivity index (χ4v) is 3.13. The van der Waals surface area contributed by atoms with Crippen LogP contribution in [0.4, 0.5) is 0 Å². The molecule has 102 valence electrons. The van der Waals surface area contributed by atoms with E-state index in [0.29, 0.717) is 6.61 Å². The summed E-state index contributed by atoms with van der Waals surface area (Å²) < 4.78 is 11.6. The predicted octanol–water partition coefficient (Wildman–Crippen LogP) is 2.65. The second kappa shape index (κ2) is 5.45. The molecule has 2 aliphatic rings. The Hall–Kier alpha value is -1.16. The Morgan fingerprint density at radius 2 is 2.05 bits per heavy atom. The molecule has 2 fully saturated rings. The standard InChI is InChI=1S/C16H20O3/c1-11-15-13(8-5-9-14(15)19-16(11)17)18-10-12-6-3-2-4-7-12/h2-4,6-7,13-17H,1,5,8-10H2. The predicted molar refractivity (Wildman–Crippen MR) is 72.4 cm³/mol. The third-order valence-corrected chi connectivity index (χ3v) is 4.13. The zero-order valence-corrected chi connectivity index (χ0v) is 11.0. The molecule has 4 atom stereocenters. The summed E-state index contributed by atoms with van der Waals surface area (Å²) >= 11 is 0. The Morgan fingerprint density at radius 1 is 1.26 bits per heavy atom. The average Bonchev–Trinajstić information content (AvgIpc) is 2.74. The summed E-state index contributed by atoms with van der Waals surface area (Å²) in [5, 5.41) is 9.75. The van der Waals surface area contributed by atoms with Crippen LogP contribution < -0.4 is 0 Å². The number of fused-ring (bicyclic) bond motifs is 1. The molecule has 4 unspecified atom stereocenters. The van der Waals surface area contributed by atoms with E-state index in [1.54, 1.807) is 0 Å². The normalized spacial score (nSPS) is 34.3. The zero-order valence-electron chi connectivity index (χ0n) is 11.0. The second-order valence-electron chi connectivity index (χ2n) is 5.39. The summed E-state index contributed by atoms with van der Waals surface area (Å²) in [7, 11) is 0. The van der Waals surface area contributed by atoms with Crippen LogP contribution in [0.1, 0.15) is 24.8 Å². The van der Waals surface area contributed by atoms with E-state index in [1.165, 1.54) is 5.56 Å². The number of aliphatic hydroxyl groups excluding tert-OH is 1. The molecule has 1 saturated carbocycles. The van der Waals surface area contributed by atoms with Gasteiger partial charge in [0, 0.05) is 5.92 Å². The highest BCUT2D eigenvalue weighted by molar-refractivity contribution is 5.16. The molecular formula is C16H20O3. The van der Waals surface area contributed by atoms with E-state index >= 15 is 0 Å². The summed E-state index contributed by atoms with van der Waals surface area (Å²) in [6.07, 6.45) is 2.48. The fraction of sp³-hybridized carbons (Fsp3) is 0.500. The number of hydrogen-bond acceptors (Lipinski definition) is 3. The van der Waals surface area contributed by atoms with Gasteiger partial charge in [-0.15, -0.1) is 0 Å². The van der Waals surface area contributed by atoms with Crippen molar-refractivity contribution in [3.63, 3.8) is 0 Å². The van der Waals surface area contributed by atoms with E-state index in [0.717, 1.165) is 24.8 Å². The van der Waals surface area contributed by atoms with Gasteiger partial charge in [0.25, 0.3) is 0 Å². The van der Waals surface area contributed by atoms with E-state index in [1.807, 2.05) is 18.2 Å².